The van der Waals surface area contributed by atoms with Crippen LogP contribution in [0.15, 0.2) is 36.4 Å². The molecule has 26 heavy (non-hydrogen) atoms. The third kappa shape index (κ3) is 2.98. The largest absolute Gasteiger partial charge is 0.473 e. The third-order valence-electron chi connectivity index (χ3n) is 5.22. The second-order valence-electron chi connectivity index (χ2n) is 6.90. The fourth-order valence-corrected chi connectivity index (χ4v) is 3.58. The fraction of sp³-hybridized carbons (Fsp3) is 0.381. The molecule has 1 aliphatic heterocycles. The van der Waals surface area contributed by atoms with E-state index in [9.17, 15) is 9.59 Å². The first-order valence-corrected chi connectivity index (χ1v) is 9.23. The minimum absolute atomic E-state index is 0.0712. The predicted molar refractivity (Wildman–Crippen MR) is 96.9 cm³/mol. The van der Waals surface area contributed by atoms with E-state index in [1.54, 1.807) is 0 Å². The summed E-state index contributed by atoms with van der Waals surface area (Å²) in [5.41, 5.74) is 3.11. The number of aryl methyl sites for hydroxylation is 1. The average Bonchev–Trinajstić information content (AvgIpc) is 2.61. The van der Waals surface area contributed by atoms with Gasteiger partial charge >= 0.3 is 0 Å². The first-order valence-electron chi connectivity index (χ1n) is 9.23. The number of carbonyl (C=O) groups excluding carboxylic acids is 2. The molecule has 5 heteroatoms. The van der Waals surface area contributed by atoms with Crippen LogP contribution in [0, 0.1) is 0 Å². The highest BCUT2D eigenvalue weighted by Gasteiger charge is 2.40. The summed E-state index contributed by atoms with van der Waals surface area (Å²) in [6, 6.07) is 11.8. The quantitative estimate of drug-likeness (QED) is 0.777. The SMILES string of the molecule is CCc1cc(OCc2ccccc2)nc2c1C(=O)N(C1CCC1)C(=O)C2. The molecule has 1 aliphatic carbocycles. The number of fused-ring (bicyclic) bond motifs is 1. The van der Waals surface area contributed by atoms with Crippen molar-refractivity contribution in [2.75, 3.05) is 0 Å². The van der Waals surface area contributed by atoms with Crippen LogP contribution in [0.3, 0.4) is 0 Å². The Kier molecular flexibility index (Phi) is 4.45. The van der Waals surface area contributed by atoms with Gasteiger partial charge in [0.1, 0.15) is 6.61 Å². The van der Waals surface area contributed by atoms with Gasteiger partial charge in [0.05, 0.1) is 17.7 Å². The summed E-state index contributed by atoms with van der Waals surface area (Å²) >= 11 is 0. The van der Waals surface area contributed by atoms with E-state index in [0.29, 0.717) is 30.2 Å². The number of aromatic nitrogens is 1. The molecule has 0 unspecified atom stereocenters. The molecule has 2 heterocycles. The normalized spacial score (nSPS) is 17.0. The molecule has 2 aromatic rings. The monoisotopic (exact) mass is 350 g/mol. The van der Waals surface area contributed by atoms with Crippen molar-refractivity contribution in [1.82, 2.24) is 9.88 Å². The van der Waals surface area contributed by atoms with Crippen LogP contribution in [0.25, 0.3) is 0 Å². The van der Waals surface area contributed by atoms with E-state index in [2.05, 4.69) is 4.98 Å². The predicted octanol–water partition coefficient (Wildman–Crippen LogP) is 3.30. The van der Waals surface area contributed by atoms with Crippen LogP contribution in [0.4, 0.5) is 0 Å². The minimum atomic E-state index is -0.181. The zero-order chi connectivity index (χ0) is 18.1. The van der Waals surface area contributed by atoms with Gasteiger partial charge < -0.3 is 4.74 Å². The number of hydrogen-bond donors (Lipinski definition) is 0. The first-order chi connectivity index (χ1) is 12.7. The third-order valence-corrected chi connectivity index (χ3v) is 5.22. The summed E-state index contributed by atoms with van der Waals surface area (Å²) in [6.07, 6.45) is 3.79. The maximum atomic E-state index is 13.0. The maximum Gasteiger partial charge on any atom is 0.262 e. The van der Waals surface area contributed by atoms with Gasteiger partial charge in [0.15, 0.2) is 0 Å². The lowest BCUT2D eigenvalue weighted by Gasteiger charge is -2.38. The Morgan fingerprint density at radius 1 is 1.19 bits per heavy atom. The Bertz CT molecular complexity index is 844. The van der Waals surface area contributed by atoms with Gasteiger partial charge in [-0.25, -0.2) is 4.98 Å². The number of amides is 2. The molecule has 4 rings (SSSR count). The first kappa shape index (κ1) is 16.8. The molecule has 1 saturated carbocycles. The van der Waals surface area contributed by atoms with E-state index in [0.717, 1.165) is 30.4 Å². The van der Waals surface area contributed by atoms with Crippen LogP contribution in [0.1, 0.15) is 53.4 Å². The molecule has 0 atom stereocenters. The Morgan fingerprint density at radius 3 is 2.62 bits per heavy atom. The van der Waals surface area contributed by atoms with Crippen LogP contribution in [-0.4, -0.2) is 27.7 Å². The van der Waals surface area contributed by atoms with Gasteiger partial charge in [-0.1, -0.05) is 37.3 Å². The number of benzene rings is 1. The molecule has 2 aliphatic rings. The molecule has 0 saturated heterocycles. The van der Waals surface area contributed by atoms with E-state index in [4.69, 9.17) is 4.74 Å². The van der Waals surface area contributed by atoms with Crippen LogP contribution in [-0.2, 0) is 24.2 Å². The number of ether oxygens (including phenoxy) is 1. The second kappa shape index (κ2) is 6.90. The molecule has 2 amide bonds. The summed E-state index contributed by atoms with van der Waals surface area (Å²) in [5.74, 6) is 0.156. The zero-order valence-corrected chi connectivity index (χ0v) is 14.9. The Morgan fingerprint density at radius 2 is 1.96 bits per heavy atom. The highest BCUT2D eigenvalue weighted by atomic mass is 16.5. The Hall–Kier alpha value is -2.69. The molecule has 5 nitrogen and oxygen atoms in total. The minimum Gasteiger partial charge on any atom is -0.473 e. The zero-order valence-electron chi connectivity index (χ0n) is 14.9. The molecular weight excluding hydrogens is 328 g/mol. The Labute approximate surface area is 153 Å². The molecule has 134 valence electrons. The van der Waals surface area contributed by atoms with Crippen molar-refractivity contribution in [3.05, 3.63) is 58.8 Å². The van der Waals surface area contributed by atoms with Crippen molar-refractivity contribution < 1.29 is 14.3 Å². The summed E-state index contributed by atoms with van der Waals surface area (Å²) in [7, 11) is 0. The van der Waals surface area contributed by atoms with Crippen molar-refractivity contribution >= 4 is 11.8 Å². The molecule has 0 N–H and O–H groups in total. The summed E-state index contributed by atoms with van der Waals surface area (Å²) in [6.45, 7) is 2.42. The average molecular weight is 350 g/mol. The van der Waals surface area contributed by atoms with Crippen LogP contribution < -0.4 is 4.74 Å². The van der Waals surface area contributed by atoms with Gasteiger partial charge in [0, 0.05) is 12.1 Å². The lowest BCUT2D eigenvalue weighted by atomic mass is 9.88. The molecular formula is C21H22N2O3. The summed E-state index contributed by atoms with van der Waals surface area (Å²) < 4.78 is 5.83. The standard InChI is InChI=1S/C21H22N2O3/c1-2-15-11-18(26-13-14-7-4-3-5-8-14)22-17-12-19(24)23(16-9-6-10-16)21(25)20(15)17/h3-5,7-8,11,16H,2,6,9-10,12-13H2,1H3. The van der Waals surface area contributed by atoms with E-state index in [-0.39, 0.29) is 24.3 Å². The summed E-state index contributed by atoms with van der Waals surface area (Å²) in [4.78, 5) is 31.4. The molecule has 0 bridgehead atoms. The topological polar surface area (TPSA) is 59.5 Å². The lowest BCUT2D eigenvalue weighted by molar-refractivity contribution is -0.131. The number of carbonyl (C=O) groups is 2. The van der Waals surface area contributed by atoms with Gasteiger partial charge in [0.25, 0.3) is 5.91 Å². The van der Waals surface area contributed by atoms with Crippen LogP contribution in [0.2, 0.25) is 0 Å². The van der Waals surface area contributed by atoms with Crippen LogP contribution >= 0.6 is 0 Å². The maximum absolute atomic E-state index is 13.0. The molecule has 1 aromatic carbocycles. The number of imide groups is 1. The number of nitrogens with zero attached hydrogens (tertiary/aromatic N) is 2. The second-order valence-corrected chi connectivity index (χ2v) is 6.90. The van der Waals surface area contributed by atoms with Crippen molar-refractivity contribution in [1.29, 1.82) is 0 Å². The highest BCUT2D eigenvalue weighted by molar-refractivity contribution is 6.10. The van der Waals surface area contributed by atoms with Gasteiger partial charge in [0.2, 0.25) is 11.8 Å². The van der Waals surface area contributed by atoms with E-state index in [1.165, 1.54) is 4.90 Å². The number of hydrogen-bond acceptors (Lipinski definition) is 4. The lowest BCUT2D eigenvalue weighted by Crippen LogP contribution is -2.51. The van der Waals surface area contributed by atoms with Crippen molar-refractivity contribution in [2.45, 2.75) is 51.7 Å². The molecule has 1 fully saturated rings. The highest BCUT2D eigenvalue weighted by Crippen LogP contribution is 2.32. The fourth-order valence-electron chi connectivity index (χ4n) is 3.58. The van der Waals surface area contributed by atoms with Crippen molar-refractivity contribution in [3.8, 4) is 5.88 Å². The van der Waals surface area contributed by atoms with Crippen molar-refractivity contribution in [3.63, 3.8) is 0 Å². The van der Waals surface area contributed by atoms with Gasteiger partial charge in [-0.3, -0.25) is 14.5 Å². The van der Waals surface area contributed by atoms with Crippen molar-refractivity contribution in [2.24, 2.45) is 0 Å². The Balaban J connectivity index is 1.62. The van der Waals surface area contributed by atoms with E-state index in [1.807, 2.05) is 43.3 Å². The molecule has 0 radical (unpaired) electrons. The van der Waals surface area contributed by atoms with E-state index >= 15 is 0 Å². The van der Waals surface area contributed by atoms with Gasteiger partial charge in [-0.15, -0.1) is 0 Å². The smallest absolute Gasteiger partial charge is 0.262 e. The number of rotatable bonds is 5. The summed E-state index contributed by atoms with van der Waals surface area (Å²) in [5, 5.41) is 0. The molecule has 1 aromatic heterocycles. The van der Waals surface area contributed by atoms with Gasteiger partial charge in [-0.2, -0.15) is 0 Å². The van der Waals surface area contributed by atoms with Gasteiger partial charge in [-0.05, 0) is 36.8 Å². The van der Waals surface area contributed by atoms with E-state index < -0.39 is 0 Å². The van der Waals surface area contributed by atoms with Crippen LogP contribution in [0.5, 0.6) is 5.88 Å². The molecule has 0 spiro atoms. The number of pyridine rings is 1.